The molecular weight excluding hydrogens is 422 g/mol. The van der Waals surface area contributed by atoms with Crippen LogP contribution in [0.1, 0.15) is 45.7 Å². The van der Waals surface area contributed by atoms with E-state index in [-0.39, 0.29) is 29.4 Å². The lowest BCUT2D eigenvalue weighted by atomic mass is 10.0. The third-order valence-electron chi connectivity index (χ3n) is 5.88. The van der Waals surface area contributed by atoms with Crippen molar-refractivity contribution >= 4 is 17.6 Å². The van der Waals surface area contributed by atoms with Gasteiger partial charge in [-0.25, -0.2) is 4.68 Å². The Morgan fingerprint density at radius 3 is 2.58 bits per heavy atom. The molecule has 2 amide bonds. The molecule has 2 heterocycles. The van der Waals surface area contributed by atoms with Crippen LogP contribution in [0.5, 0.6) is 5.75 Å². The van der Waals surface area contributed by atoms with E-state index in [4.69, 9.17) is 20.9 Å². The number of methoxy groups -OCH3 is 1. The van der Waals surface area contributed by atoms with Crippen molar-refractivity contribution in [3.05, 3.63) is 65.2 Å². The predicted octanol–water partition coefficient (Wildman–Crippen LogP) is 2.52. The maximum Gasteiger partial charge on any atom is 0.255 e. The Kier molecular flexibility index (Phi) is 6.32. The van der Waals surface area contributed by atoms with E-state index in [0.29, 0.717) is 35.7 Å². The summed E-state index contributed by atoms with van der Waals surface area (Å²) in [5, 5.41) is 7.51. The summed E-state index contributed by atoms with van der Waals surface area (Å²) < 4.78 is 12.5. The highest BCUT2D eigenvalue weighted by atomic mass is 16.5. The normalized spacial score (nSPS) is 17.6. The molecule has 33 heavy (non-hydrogen) atoms. The number of para-hydroxylation sites is 1. The van der Waals surface area contributed by atoms with Crippen LogP contribution in [-0.4, -0.2) is 41.4 Å². The molecule has 0 spiro atoms. The molecule has 4 rings (SSSR count). The second-order valence-corrected chi connectivity index (χ2v) is 7.93. The highest BCUT2D eigenvalue weighted by molar-refractivity contribution is 6.03. The van der Waals surface area contributed by atoms with Crippen molar-refractivity contribution in [3.8, 4) is 17.0 Å². The van der Waals surface area contributed by atoms with Crippen molar-refractivity contribution in [2.24, 2.45) is 5.73 Å². The zero-order valence-corrected chi connectivity index (χ0v) is 18.6. The van der Waals surface area contributed by atoms with E-state index in [2.05, 4.69) is 10.4 Å². The van der Waals surface area contributed by atoms with E-state index < -0.39 is 5.91 Å². The SMILES string of the molecule is COc1ccccc1C(=O)NCc1ccc(-c2nn(C3CCOC3C)c(N)c2C(N)=O)cc1. The van der Waals surface area contributed by atoms with Gasteiger partial charge in [0.15, 0.2) is 0 Å². The fourth-order valence-corrected chi connectivity index (χ4v) is 4.08. The summed E-state index contributed by atoms with van der Waals surface area (Å²) >= 11 is 0. The summed E-state index contributed by atoms with van der Waals surface area (Å²) in [6, 6.07) is 14.4. The molecule has 2 aromatic carbocycles. The molecule has 0 aliphatic carbocycles. The van der Waals surface area contributed by atoms with Gasteiger partial charge in [-0.3, -0.25) is 9.59 Å². The number of benzene rings is 2. The number of rotatable bonds is 7. The third kappa shape index (κ3) is 4.40. The number of carbonyl (C=O) groups excluding carboxylic acids is 2. The Labute approximate surface area is 191 Å². The molecule has 0 radical (unpaired) electrons. The summed E-state index contributed by atoms with van der Waals surface area (Å²) in [5.41, 5.74) is 14.6. The molecular formula is C24H27N5O4. The van der Waals surface area contributed by atoms with E-state index in [1.54, 1.807) is 22.9 Å². The molecule has 172 valence electrons. The van der Waals surface area contributed by atoms with Gasteiger partial charge in [0.25, 0.3) is 11.8 Å². The van der Waals surface area contributed by atoms with Gasteiger partial charge in [-0.05, 0) is 31.0 Å². The molecule has 1 aliphatic heterocycles. The van der Waals surface area contributed by atoms with Crippen molar-refractivity contribution in [1.82, 2.24) is 15.1 Å². The van der Waals surface area contributed by atoms with Crippen molar-refractivity contribution in [1.29, 1.82) is 0 Å². The fourth-order valence-electron chi connectivity index (χ4n) is 4.08. The van der Waals surface area contributed by atoms with Gasteiger partial charge in [-0.15, -0.1) is 0 Å². The molecule has 3 aromatic rings. The molecule has 0 saturated carbocycles. The van der Waals surface area contributed by atoms with Gasteiger partial charge in [0.1, 0.15) is 22.8 Å². The van der Waals surface area contributed by atoms with Gasteiger partial charge in [0.2, 0.25) is 0 Å². The number of nitrogen functional groups attached to an aromatic ring is 1. The van der Waals surface area contributed by atoms with Gasteiger partial charge in [-0.1, -0.05) is 36.4 Å². The number of amides is 2. The number of primary amides is 1. The minimum absolute atomic E-state index is 0.0543. The summed E-state index contributed by atoms with van der Waals surface area (Å²) in [6.07, 6.45) is 0.699. The highest BCUT2D eigenvalue weighted by Gasteiger charge is 2.31. The average Bonchev–Trinajstić information content (AvgIpc) is 3.40. The Morgan fingerprint density at radius 1 is 1.21 bits per heavy atom. The lowest BCUT2D eigenvalue weighted by Gasteiger charge is -2.16. The molecule has 2 atom stereocenters. The Morgan fingerprint density at radius 2 is 1.94 bits per heavy atom. The quantitative estimate of drug-likeness (QED) is 0.507. The van der Waals surface area contributed by atoms with Crippen molar-refractivity contribution in [3.63, 3.8) is 0 Å². The minimum atomic E-state index is -0.631. The molecule has 5 N–H and O–H groups in total. The number of carbonyl (C=O) groups is 2. The summed E-state index contributed by atoms with van der Waals surface area (Å²) in [6.45, 7) is 2.89. The monoisotopic (exact) mass is 449 g/mol. The van der Waals surface area contributed by atoms with Gasteiger partial charge < -0.3 is 26.3 Å². The first-order chi connectivity index (χ1) is 15.9. The molecule has 9 nitrogen and oxygen atoms in total. The molecule has 1 fully saturated rings. The Bertz CT molecular complexity index is 1170. The van der Waals surface area contributed by atoms with Crippen LogP contribution in [0.25, 0.3) is 11.3 Å². The number of nitrogens with zero attached hydrogens (tertiary/aromatic N) is 2. The lowest BCUT2D eigenvalue weighted by molar-refractivity contribution is 0.0946. The van der Waals surface area contributed by atoms with Crippen LogP contribution >= 0.6 is 0 Å². The summed E-state index contributed by atoms with van der Waals surface area (Å²) in [7, 11) is 1.53. The van der Waals surface area contributed by atoms with Crippen molar-refractivity contribution in [2.75, 3.05) is 19.5 Å². The highest BCUT2D eigenvalue weighted by Crippen LogP contribution is 2.34. The zero-order valence-electron chi connectivity index (χ0n) is 18.6. The largest absolute Gasteiger partial charge is 0.496 e. The van der Waals surface area contributed by atoms with Gasteiger partial charge in [0, 0.05) is 18.7 Å². The van der Waals surface area contributed by atoms with E-state index in [1.165, 1.54) is 7.11 Å². The number of nitrogens with two attached hydrogens (primary N) is 2. The van der Waals surface area contributed by atoms with Crippen LogP contribution in [0.2, 0.25) is 0 Å². The van der Waals surface area contributed by atoms with E-state index >= 15 is 0 Å². The smallest absolute Gasteiger partial charge is 0.255 e. The topological polar surface area (TPSA) is 134 Å². The van der Waals surface area contributed by atoms with Crippen molar-refractivity contribution in [2.45, 2.75) is 32.0 Å². The van der Waals surface area contributed by atoms with Gasteiger partial charge in [-0.2, -0.15) is 5.10 Å². The predicted molar refractivity (Wildman–Crippen MR) is 124 cm³/mol. The van der Waals surface area contributed by atoms with Gasteiger partial charge >= 0.3 is 0 Å². The van der Waals surface area contributed by atoms with E-state index in [9.17, 15) is 9.59 Å². The first-order valence-corrected chi connectivity index (χ1v) is 10.7. The first kappa shape index (κ1) is 22.3. The first-order valence-electron chi connectivity index (χ1n) is 10.7. The van der Waals surface area contributed by atoms with Crippen LogP contribution in [0.4, 0.5) is 5.82 Å². The molecule has 9 heteroatoms. The zero-order chi connectivity index (χ0) is 23.5. The minimum Gasteiger partial charge on any atom is -0.496 e. The standard InChI is InChI=1S/C24H27N5O4/c1-14-18(11-12-33-14)29-22(25)20(23(26)30)21(28-29)16-9-7-15(8-10-16)13-27-24(31)17-5-3-4-6-19(17)32-2/h3-10,14,18H,11-13,25H2,1-2H3,(H2,26,30)(H,27,31). The Hall–Kier alpha value is -3.85. The molecule has 2 unspecified atom stereocenters. The molecule has 1 aliphatic rings. The number of hydrogen-bond donors (Lipinski definition) is 3. The van der Waals surface area contributed by atoms with E-state index in [1.807, 2.05) is 37.3 Å². The molecule has 0 bridgehead atoms. The Balaban J connectivity index is 1.53. The van der Waals surface area contributed by atoms with Crippen LogP contribution < -0.4 is 21.5 Å². The number of ether oxygens (including phenoxy) is 2. The third-order valence-corrected chi connectivity index (χ3v) is 5.88. The van der Waals surface area contributed by atoms with Crippen molar-refractivity contribution < 1.29 is 19.1 Å². The van der Waals surface area contributed by atoms with Crippen LogP contribution in [-0.2, 0) is 11.3 Å². The van der Waals surface area contributed by atoms with Gasteiger partial charge in [0.05, 0.1) is 24.8 Å². The number of anilines is 1. The second kappa shape index (κ2) is 9.33. The maximum atomic E-state index is 12.5. The number of aromatic nitrogens is 2. The summed E-state index contributed by atoms with van der Waals surface area (Å²) in [5.74, 6) is -0.104. The van der Waals surface area contributed by atoms with E-state index in [0.717, 1.165) is 12.0 Å². The second-order valence-electron chi connectivity index (χ2n) is 7.93. The maximum absolute atomic E-state index is 12.5. The van der Waals surface area contributed by atoms with Crippen LogP contribution in [0, 0.1) is 0 Å². The number of nitrogens with one attached hydrogen (secondary N) is 1. The summed E-state index contributed by atoms with van der Waals surface area (Å²) in [4.78, 5) is 24.7. The van der Waals surface area contributed by atoms with Crippen LogP contribution in [0.3, 0.4) is 0 Å². The van der Waals surface area contributed by atoms with Crippen LogP contribution in [0.15, 0.2) is 48.5 Å². The lowest BCUT2D eigenvalue weighted by Crippen LogP contribution is -2.23. The fraction of sp³-hybridized carbons (Fsp3) is 0.292. The molecule has 1 aromatic heterocycles. The molecule has 1 saturated heterocycles. The number of hydrogen-bond acceptors (Lipinski definition) is 6. The average molecular weight is 450 g/mol.